The van der Waals surface area contributed by atoms with Crippen LogP contribution < -0.4 is 5.73 Å². The average molecular weight is 315 g/mol. The molecule has 6 heteroatoms. The van der Waals surface area contributed by atoms with Crippen LogP contribution in [0.15, 0.2) is 0 Å². The zero-order valence-corrected chi connectivity index (χ0v) is 13.7. The van der Waals surface area contributed by atoms with Crippen LogP contribution in [0, 0.1) is 11.8 Å². The van der Waals surface area contributed by atoms with Gasteiger partial charge < -0.3 is 5.73 Å². The third-order valence-corrected chi connectivity index (χ3v) is 7.66. The first-order chi connectivity index (χ1) is 10.1. The van der Waals surface area contributed by atoms with Gasteiger partial charge in [0.05, 0.1) is 0 Å². The molecule has 5 nitrogen and oxygen atoms in total. The maximum absolute atomic E-state index is 13.1. The molecule has 1 saturated carbocycles. The van der Waals surface area contributed by atoms with Crippen molar-refractivity contribution in [3.8, 4) is 0 Å². The number of nitrogens with two attached hydrogens (primary N) is 1. The van der Waals surface area contributed by atoms with Crippen molar-refractivity contribution >= 4 is 10.2 Å². The molecular weight excluding hydrogens is 286 g/mol. The van der Waals surface area contributed by atoms with Crippen LogP contribution in [0.1, 0.15) is 51.4 Å². The van der Waals surface area contributed by atoms with E-state index in [-0.39, 0.29) is 6.04 Å². The van der Waals surface area contributed by atoms with Crippen LogP contribution in [0.3, 0.4) is 0 Å². The maximum Gasteiger partial charge on any atom is 0.282 e. The lowest BCUT2D eigenvalue weighted by molar-refractivity contribution is 0.118. The SMILES string of the molecule is NCC1CCCN(S(=O)(=O)N2CCCC3CCCCC32)C1. The maximum atomic E-state index is 13.1. The summed E-state index contributed by atoms with van der Waals surface area (Å²) in [5.41, 5.74) is 5.76. The Morgan fingerprint density at radius 1 is 0.952 bits per heavy atom. The molecule has 3 aliphatic rings. The van der Waals surface area contributed by atoms with Crippen molar-refractivity contribution in [1.29, 1.82) is 0 Å². The molecule has 2 aliphatic heterocycles. The zero-order chi connectivity index (χ0) is 14.9. The summed E-state index contributed by atoms with van der Waals surface area (Å²) in [6.45, 7) is 2.60. The van der Waals surface area contributed by atoms with Crippen LogP contribution in [0.5, 0.6) is 0 Å². The van der Waals surface area contributed by atoms with Gasteiger partial charge in [0.1, 0.15) is 0 Å². The van der Waals surface area contributed by atoms with Gasteiger partial charge in [0.15, 0.2) is 0 Å². The second-order valence-corrected chi connectivity index (χ2v) is 8.86. The van der Waals surface area contributed by atoms with E-state index < -0.39 is 10.2 Å². The topological polar surface area (TPSA) is 66.6 Å². The number of nitrogens with zero attached hydrogens (tertiary/aromatic N) is 2. The number of piperidine rings is 2. The second-order valence-electron chi connectivity index (χ2n) is 6.97. The average Bonchev–Trinajstić information content (AvgIpc) is 2.54. The van der Waals surface area contributed by atoms with Crippen molar-refractivity contribution in [2.45, 2.75) is 57.4 Å². The lowest BCUT2D eigenvalue weighted by Crippen LogP contribution is -2.56. The number of hydrogen-bond acceptors (Lipinski definition) is 3. The molecule has 2 heterocycles. The van der Waals surface area contributed by atoms with Crippen molar-refractivity contribution in [2.75, 3.05) is 26.2 Å². The van der Waals surface area contributed by atoms with Gasteiger partial charge in [0, 0.05) is 25.7 Å². The Bertz CT molecular complexity index is 452. The fourth-order valence-electron chi connectivity index (χ4n) is 4.44. The zero-order valence-electron chi connectivity index (χ0n) is 12.9. The van der Waals surface area contributed by atoms with Gasteiger partial charge in [-0.15, -0.1) is 0 Å². The first-order valence-corrected chi connectivity index (χ1v) is 9.99. The smallest absolute Gasteiger partial charge is 0.282 e. The van der Waals surface area contributed by atoms with E-state index in [0.29, 0.717) is 38.0 Å². The molecule has 0 spiro atoms. The van der Waals surface area contributed by atoms with E-state index in [9.17, 15) is 8.42 Å². The van der Waals surface area contributed by atoms with E-state index in [2.05, 4.69) is 0 Å². The van der Waals surface area contributed by atoms with Crippen LogP contribution in [0.4, 0.5) is 0 Å². The van der Waals surface area contributed by atoms with Gasteiger partial charge in [-0.05, 0) is 56.9 Å². The van der Waals surface area contributed by atoms with E-state index in [1.165, 1.54) is 25.7 Å². The molecule has 3 atom stereocenters. The van der Waals surface area contributed by atoms with Crippen molar-refractivity contribution in [3.63, 3.8) is 0 Å². The van der Waals surface area contributed by atoms with Crippen molar-refractivity contribution in [1.82, 2.24) is 8.61 Å². The summed E-state index contributed by atoms with van der Waals surface area (Å²) >= 11 is 0. The van der Waals surface area contributed by atoms with E-state index >= 15 is 0 Å². The Balaban J connectivity index is 1.76. The largest absolute Gasteiger partial charge is 0.330 e. The van der Waals surface area contributed by atoms with E-state index in [1.54, 1.807) is 4.31 Å². The molecule has 0 aromatic rings. The van der Waals surface area contributed by atoms with Crippen molar-refractivity contribution in [3.05, 3.63) is 0 Å². The summed E-state index contributed by atoms with van der Waals surface area (Å²) in [4.78, 5) is 0. The highest BCUT2D eigenvalue weighted by Gasteiger charge is 2.42. The summed E-state index contributed by atoms with van der Waals surface area (Å²) in [6.07, 6.45) is 8.96. The van der Waals surface area contributed by atoms with Crippen LogP contribution >= 0.6 is 0 Å². The Labute approximate surface area is 129 Å². The molecule has 1 aliphatic carbocycles. The quantitative estimate of drug-likeness (QED) is 0.859. The molecule has 0 bridgehead atoms. The fraction of sp³-hybridized carbons (Fsp3) is 1.00. The van der Waals surface area contributed by atoms with Crippen molar-refractivity contribution < 1.29 is 8.42 Å². The Morgan fingerprint density at radius 3 is 2.48 bits per heavy atom. The second kappa shape index (κ2) is 6.52. The van der Waals surface area contributed by atoms with Crippen molar-refractivity contribution in [2.24, 2.45) is 17.6 Å². The minimum Gasteiger partial charge on any atom is -0.330 e. The molecule has 122 valence electrons. The summed E-state index contributed by atoms with van der Waals surface area (Å²) in [7, 11) is -3.29. The summed E-state index contributed by atoms with van der Waals surface area (Å²) < 4.78 is 29.7. The van der Waals surface area contributed by atoms with E-state index in [4.69, 9.17) is 5.73 Å². The summed E-state index contributed by atoms with van der Waals surface area (Å²) in [5, 5.41) is 0. The van der Waals surface area contributed by atoms with Gasteiger partial charge in [-0.25, -0.2) is 0 Å². The van der Waals surface area contributed by atoms with Crippen LogP contribution in [-0.4, -0.2) is 49.2 Å². The first kappa shape index (κ1) is 15.7. The van der Waals surface area contributed by atoms with Gasteiger partial charge in [0.2, 0.25) is 0 Å². The Kier molecular flexibility index (Phi) is 4.88. The molecule has 3 rings (SSSR count). The Morgan fingerprint density at radius 2 is 1.67 bits per heavy atom. The first-order valence-electron chi connectivity index (χ1n) is 8.60. The third-order valence-electron chi connectivity index (χ3n) is 5.63. The van der Waals surface area contributed by atoms with Gasteiger partial charge in [-0.1, -0.05) is 12.8 Å². The molecule has 3 fully saturated rings. The molecule has 0 radical (unpaired) electrons. The van der Waals surface area contributed by atoms with E-state index in [0.717, 1.165) is 25.7 Å². The lowest BCUT2D eigenvalue weighted by Gasteiger charge is -2.45. The van der Waals surface area contributed by atoms with Crippen LogP contribution in [0.25, 0.3) is 0 Å². The number of hydrogen-bond donors (Lipinski definition) is 1. The predicted molar refractivity (Wildman–Crippen MR) is 84.0 cm³/mol. The molecule has 21 heavy (non-hydrogen) atoms. The Hall–Kier alpha value is -0.170. The molecule has 3 unspecified atom stereocenters. The van der Waals surface area contributed by atoms with Gasteiger partial charge in [0.25, 0.3) is 10.2 Å². The summed E-state index contributed by atoms with van der Waals surface area (Å²) in [5.74, 6) is 0.929. The molecular formula is C15H29N3O2S. The fourth-order valence-corrected chi connectivity index (χ4v) is 6.48. The van der Waals surface area contributed by atoms with Crippen LogP contribution in [0.2, 0.25) is 0 Å². The van der Waals surface area contributed by atoms with Gasteiger partial charge >= 0.3 is 0 Å². The molecule has 2 N–H and O–H groups in total. The van der Waals surface area contributed by atoms with Gasteiger partial charge in [-0.3, -0.25) is 0 Å². The lowest BCUT2D eigenvalue weighted by atomic mass is 9.79. The predicted octanol–water partition coefficient (Wildman–Crippen LogP) is 1.56. The molecule has 2 saturated heterocycles. The van der Waals surface area contributed by atoms with Crippen LogP contribution in [-0.2, 0) is 10.2 Å². The highest BCUT2D eigenvalue weighted by Crippen LogP contribution is 2.37. The highest BCUT2D eigenvalue weighted by atomic mass is 32.2. The van der Waals surface area contributed by atoms with E-state index in [1.807, 2.05) is 4.31 Å². The molecule has 0 amide bonds. The number of fused-ring (bicyclic) bond motifs is 1. The molecule has 0 aromatic heterocycles. The number of rotatable bonds is 3. The minimum atomic E-state index is -3.29. The normalized spacial score (nSPS) is 36.3. The van der Waals surface area contributed by atoms with Gasteiger partial charge in [-0.2, -0.15) is 17.0 Å². The standard InChI is InChI=1S/C15H29N3O2S/c16-11-13-5-3-9-17(12-13)21(19,20)18-10-4-7-14-6-1-2-8-15(14)18/h13-15H,1-12,16H2. The third kappa shape index (κ3) is 3.14. The monoisotopic (exact) mass is 315 g/mol. The molecule has 0 aromatic carbocycles. The summed E-state index contributed by atoms with van der Waals surface area (Å²) in [6, 6.07) is 0.260. The minimum absolute atomic E-state index is 0.260. The highest BCUT2D eigenvalue weighted by molar-refractivity contribution is 7.86.